The first-order chi connectivity index (χ1) is 8.27. The molecule has 0 aliphatic heterocycles. The summed E-state index contributed by atoms with van der Waals surface area (Å²) in [6.07, 6.45) is 7.92. The number of hydrogen-bond acceptors (Lipinski definition) is 3. The molecule has 1 heterocycles. The van der Waals surface area contributed by atoms with Crippen molar-refractivity contribution < 1.29 is 0 Å². The molecular weight excluding hydrogens is 212 g/mol. The fraction of sp³-hybridized carbons (Fsp3) is 0.692. The van der Waals surface area contributed by atoms with Gasteiger partial charge in [-0.3, -0.25) is 0 Å². The molecule has 1 aromatic rings. The summed E-state index contributed by atoms with van der Waals surface area (Å²) < 4.78 is 1.91. The Morgan fingerprint density at radius 2 is 2.12 bits per heavy atom. The lowest BCUT2D eigenvalue weighted by atomic mass is 9.96. The number of aromatic nitrogens is 2. The van der Waals surface area contributed by atoms with Crippen LogP contribution in [0, 0.1) is 11.3 Å². The molecule has 0 aromatic carbocycles. The molecule has 17 heavy (non-hydrogen) atoms. The molecule has 0 amide bonds. The van der Waals surface area contributed by atoms with E-state index < -0.39 is 0 Å². The highest BCUT2D eigenvalue weighted by molar-refractivity contribution is 5.52. The van der Waals surface area contributed by atoms with E-state index >= 15 is 0 Å². The Labute approximate surface area is 102 Å². The van der Waals surface area contributed by atoms with Crippen LogP contribution in [-0.4, -0.2) is 9.78 Å². The second-order valence-electron chi connectivity index (χ2n) is 4.81. The third-order valence-corrected chi connectivity index (χ3v) is 3.54. The number of nitrogen functional groups attached to an aromatic ring is 1. The number of nitrogens with zero attached hydrogens (tertiary/aromatic N) is 3. The molecule has 0 radical (unpaired) electrons. The summed E-state index contributed by atoms with van der Waals surface area (Å²) in [5, 5.41) is 13.7. The van der Waals surface area contributed by atoms with Gasteiger partial charge in [-0.2, -0.15) is 10.4 Å². The van der Waals surface area contributed by atoms with Gasteiger partial charge in [-0.15, -0.1) is 0 Å². The second-order valence-corrected chi connectivity index (χ2v) is 4.81. The van der Waals surface area contributed by atoms with Crippen molar-refractivity contribution in [2.24, 2.45) is 0 Å². The van der Waals surface area contributed by atoms with Crippen molar-refractivity contribution in [3.05, 3.63) is 11.3 Å². The van der Waals surface area contributed by atoms with Crippen LogP contribution in [0.4, 0.5) is 5.82 Å². The number of nitriles is 1. The minimum Gasteiger partial charge on any atom is -0.383 e. The van der Waals surface area contributed by atoms with Crippen molar-refractivity contribution in [1.82, 2.24) is 9.78 Å². The number of anilines is 1. The molecule has 1 fully saturated rings. The molecule has 2 N–H and O–H groups in total. The van der Waals surface area contributed by atoms with E-state index in [0.29, 0.717) is 17.4 Å². The summed E-state index contributed by atoms with van der Waals surface area (Å²) in [4.78, 5) is 0. The molecule has 0 atom stereocenters. The molecule has 0 spiro atoms. The minimum absolute atomic E-state index is 0.404. The van der Waals surface area contributed by atoms with Gasteiger partial charge in [0.05, 0.1) is 11.7 Å². The Hall–Kier alpha value is -1.50. The van der Waals surface area contributed by atoms with Crippen molar-refractivity contribution in [2.75, 3.05) is 5.73 Å². The van der Waals surface area contributed by atoms with Crippen LogP contribution in [0.3, 0.4) is 0 Å². The summed E-state index contributed by atoms with van der Waals surface area (Å²) in [5.41, 5.74) is 7.52. The molecule has 0 unspecified atom stereocenters. The van der Waals surface area contributed by atoms with Crippen LogP contribution in [0.5, 0.6) is 0 Å². The van der Waals surface area contributed by atoms with Gasteiger partial charge in [0.25, 0.3) is 0 Å². The van der Waals surface area contributed by atoms with Crippen LogP contribution >= 0.6 is 0 Å². The van der Waals surface area contributed by atoms with E-state index in [9.17, 15) is 0 Å². The van der Waals surface area contributed by atoms with E-state index in [1.54, 1.807) is 0 Å². The third-order valence-electron chi connectivity index (χ3n) is 3.54. The lowest BCUT2D eigenvalue weighted by Gasteiger charge is -2.22. The van der Waals surface area contributed by atoms with Crippen LogP contribution < -0.4 is 5.73 Å². The quantitative estimate of drug-likeness (QED) is 0.871. The molecule has 1 aliphatic rings. The van der Waals surface area contributed by atoms with Gasteiger partial charge >= 0.3 is 0 Å². The maximum atomic E-state index is 9.15. The molecule has 4 nitrogen and oxygen atoms in total. The minimum atomic E-state index is 0.404. The van der Waals surface area contributed by atoms with Crippen LogP contribution in [0.15, 0.2) is 0 Å². The Balaban J connectivity index is 2.30. The number of hydrogen-bond donors (Lipinski definition) is 1. The van der Waals surface area contributed by atoms with E-state index in [-0.39, 0.29) is 0 Å². The van der Waals surface area contributed by atoms with Gasteiger partial charge in [-0.25, -0.2) is 4.68 Å². The first-order valence-electron chi connectivity index (χ1n) is 6.54. The van der Waals surface area contributed by atoms with Crippen molar-refractivity contribution in [3.8, 4) is 6.07 Å². The molecule has 0 bridgehead atoms. The summed E-state index contributed by atoms with van der Waals surface area (Å²) >= 11 is 0. The predicted octanol–water partition coefficient (Wildman–Crippen LogP) is 2.79. The van der Waals surface area contributed by atoms with E-state index in [1.807, 2.05) is 4.68 Å². The zero-order valence-electron chi connectivity index (χ0n) is 10.4. The van der Waals surface area contributed by atoms with E-state index in [1.165, 1.54) is 19.3 Å². The molecule has 1 aromatic heterocycles. The highest BCUT2D eigenvalue weighted by Crippen LogP contribution is 2.31. The molecule has 0 saturated heterocycles. The standard InChI is InChI=1S/C13H20N4/c1-2-6-12-11(9-14)13(15)17(16-12)10-7-4-3-5-8-10/h10H,2-8,15H2,1H3. The molecule has 4 heteroatoms. The monoisotopic (exact) mass is 232 g/mol. The predicted molar refractivity (Wildman–Crippen MR) is 67.5 cm³/mol. The Morgan fingerprint density at radius 1 is 1.41 bits per heavy atom. The normalized spacial score (nSPS) is 16.9. The van der Waals surface area contributed by atoms with E-state index in [0.717, 1.165) is 31.4 Å². The summed E-state index contributed by atoms with van der Waals surface area (Å²) in [6, 6.07) is 2.60. The van der Waals surface area contributed by atoms with Crippen LogP contribution in [0.25, 0.3) is 0 Å². The average Bonchev–Trinajstić information content (AvgIpc) is 2.67. The van der Waals surface area contributed by atoms with Gasteiger partial charge in [0.2, 0.25) is 0 Å². The summed E-state index contributed by atoms with van der Waals surface area (Å²) in [7, 11) is 0. The Morgan fingerprint density at radius 3 is 2.71 bits per heavy atom. The first kappa shape index (κ1) is 12.0. The number of rotatable bonds is 3. The molecule has 1 aliphatic carbocycles. The van der Waals surface area contributed by atoms with Crippen LogP contribution in [-0.2, 0) is 6.42 Å². The van der Waals surface area contributed by atoms with Crippen molar-refractivity contribution in [1.29, 1.82) is 5.26 Å². The highest BCUT2D eigenvalue weighted by Gasteiger charge is 2.22. The van der Waals surface area contributed by atoms with Gasteiger partial charge < -0.3 is 5.73 Å². The maximum Gasteiger partial charge on any atom is 0.140 e. The fourth-order valence-corrected chi connectivity index (χ4v) is 2.63. The van der Waals surface area contributed by atoms with Crippen molar-refractivity contribution in [2.45, 2.75) is 57.9 Å². The third kappa shape index (κ3) is 2.28. The molecule has 1 saturated carbocycles. The summed E-state index contributed by atoms with van der Waals surface area (Å²) in [5.74, 6) is 0.572. The Bertz CT molecular complexity index is 421. The zero-order valence-corrected chi connectivity index (χ0v) is 10.4. The highest BCUT2D eigenvalue weighted by atomic mass is 15.3. The van der Waals surface area contributed by atoms with Crippen LogP contribution in [0.1, 0.15) is 62.7 Å². The fourth-order valence-electron chi connectivity index (χ4n) is 2.63. The van der Waals surface area contributed by atoms with Gasteiger partial charge in [0, 0.05) is 0 Å². The summed E-state index contributed by atoms with van der Waals surface area (Å²) in [6.45, 7) is 2.09. The lowest BCUT2D eigenvalue weighted by molar-refractivity contribution is 0.331. The SMILES string of the molecule is CCCc1nn(C2CCCCC2)c(N)c1C#N. The largest absolute Gasteiger partial charge is 0.383 e. The topological polar surface area (TPSA) is 67.6 Å². The van der Waals surface area contributed by atoms with Crippen LogP contribution in [0.2, 0.25) is 0 Å². The number of nitrogens with two attached hydrogens (primary N) is 1. The number of aryl methyl sites for hydroxylation is 1. The van der Waals surface area contributed by atoms with Gasteiger partial charge in [-0.05, 0) is 19.3 Å². The Kier molecular flexibility index (Phi) is 3.68. The zero-order chi connectivity index (χ0) is 12.3. The van der Waals surface area contributed by atoms with E-state index in [4.69, 9.17) is 11.0 Å². The van der Waals surface area contributed by atoms with Gasteiger partial charge in [0.15, 0.2) is 0 Å². The molecule has 2 rings (SSSR count). The lowest BCUT2D eigenvalue weighted by Crippen LogP contribution is -2.16. The van der Waals surface area contributed by atoms with Crippen molar-refractivity contribution >= 4 is 5.82 Å². The smallest absolute Gasteiger partial charge is 0.140 e. The van der Waals surface area contributed by atoms with Crippen molar-refractivity contribution in [3.63, 3.8) is 0 Å². The molecular formula is C13H20N4. The average molecular weight is 232 g/mol. The second kappa shape index (κ2) is 5.22. The van der Waals surface area contributed by atoms with Gasteiger partial charge in [0.1, 0.15) is 17.5 Å². The van der Waals surface area contributed by atoms with Gasteiger partial charge in [-0.1, -0.05) is 32.6 Å². The van der Waals surface area contributed by atoms with E-state index in [2.05, 4.69) is 18.1 Å². The maximum absolute atomic E-state index is 9.15. The first-order valence-corrected chi connectivity index (χ1v) is 6.54. The molecule has 92 valence electrons.